The van der Waals surface area contributed by atoms with E-state index in [1.54, 1.807) is 32.4 Å². The molecule has 0 atom stereocenters. The van der Waals surface area contributed by atoms with Crippen LogP contribution in [0.3, 0.4) is 0 Å². The third kappa shape index (κ3) is 5.03. The third-order valence-electron chi connectivity index (χ3n) is 5.03. The molecule has 6 nitrogen and oxygen atoms in total. The van der Waals surface area contributed by atoms with Gasteiger partial charge in [0.05, 0.1) is 20.6 Å². The van der Waals surface area contributed by atoms with Crippen LogP contribution < -0.4 is 14.8 Å². The van der Waals surface area contributed by atoms with Gasteiger partial charge in [-0.05, 0) is 48.7 Å². The number of amides is 2. The van der Waals surface area contributed by atoms with E-state index in [0.29, 0.717) is 30.8 Å². The Morgan fingerprint density at radius 2 is 1.68 bits per heavy atom. The van der Waals surface area contributed by atoms with Crippen LogP contribution in [0.25, 0.3) is 0 Å². The van der Waals surface area contributed by atoms with Crippen molar-refractivity contribution >= 4 is 11.8 Å². The number of benzene rings is 2. The quantitative estimate of drug-likeness (QED) is 0.834. The van der Waals surface area contributed by atoms with Gasteiger partial charge in [0.2, 0.25) is 5.91 Å². The molecule has 148 valence electrons. The highest BCUT2D eigenvalue weighted by Gasteiger charge is 2.24. The number of nitrogens with zero attached hydrogens (tertiary/aromatic N) is 1. The Kier molecular flexibility index (Phi) is 6.53. The van der Waals surface area contributed by atoms with Crippen molar-refractivity contribution in [1.29, 1.82) is 0 Å². The lowest BCUT2D eigenvalue weighted by atomic mass is 10.0. The van der Waals surface area contributed by atoms with E-state index in [1.807, 2.05) is 35.2 Å². The molecule has 0 bridgehead atoms. The highest BCUT2D eigenvalue weighted by molar-refractivity contribution is 5.94. The summed E-state index contributed by atoms with van der Waals surface area (Å²) in [5, 5.41) is 3.06. The molecule has 0 unspecified atom stereocenters. The summed E-state index contributed by atoms with van der Waals surface area (Å²) < 4.78 is 10.3. The molecule has 0 radical (unpaired) electrons. The second-order valence-corrected chi connectivity index (χ2v) is 6.89. The predicted molar refractivity (Wildman–Crippen MR) is 107 cm³/mol. The van der Waals surface area contributed by atoms with Crippen LogP contribution in [0.1, 0.15) is 28.8 Å². The number of likely N-dealkylation sites (tertiary alicyclic amines) is 1. The standard InChI is InChI=1S/C22H26N2O4/c1-27-19-8-6-16(7-9-19)14-21(25)24-12-10-18(11-13-24)23-22(26)17-4-3-5-20(15-17)28-2/h3-9,15,18H,10-14H2,1-2H3,(H,23,26). The fourth-order valence-electron chi connectivity index (χ4n) is 3.34. The minimum atomic E-state index is -0.109. The van der Waals surface area contributed by atoms with E-state index in [2.05, 4.69) is 5.32 Å². The van der Waals surface area contributed by atoms with Gasteiger partial charge in [0.25, 0.3) is 5.91 Å². The van der Waals surface area contributed by atoms with Gasteiger partial charge in [0, 0.05) is 24.7 Å². The minimum Gasteiger partial charge on any atom is -0.497 e. The second kappa shape index (κ2) is 9.26. The number of hydrogen-bond acceptors (Lipinski definition) is 4. The number of hydrogen-bond donors (Lipinski definition) is 1. The normalized spacial score (nSPS) is 14.4. The van der Waals surface area contributed by atoms with Crippen molar-refractivity contribution in [2.75, 3.05) is 27.3 Å². The summed E-state index contributed by atoms with van der Waals surface area (Å²) in [6.07, 6.45) is 1.89. The van der Waals surface area contributed by atoms with Crippen LogP contribution in [0.5, 0.6) is 11.5 Å². The Balaban J connectivity index is 1.48. The SMILES string of the molecule is COc1ccc(CC(=O)N2CCC(NC(=O)c3cccc(OC)c3)CC2)cc1. The van der Waals surface area contributed by atoms with Gasteiger partial charge in [-0.3, -0.25) is 9.59 Å². The van der Waals surface area contributed by atoms with Crippen LogP contribution in [0, 0.1) is 0 Å². The molecule has 1 heterocycles. The van der Waals surface area contributed by atoms with E-state index in [9.17, 15) is 9.59 Å². The molecule has 2 amide bonds. The zero-order chi connectivity index (χ0) is 19.9. The Hall–Kier alpha value is -3.02. The zero-order valence-corrected chi connectivity index (χ0v) is 16.3. The first-order valence-corrected chi connectivity index (χ1v) is 9.44. The fraction of sp³-hybridized carbons (Fsp3) is 0.364. The summed E-state index contributed by atoms with van der Waals surface area (Å²) in [7, 11) is 3.20. The van der Waals surface area contributed by atoms with Crippen molar-refractivity contribution in [3.8, 4) is 11.5 Å². The monoisotopic (exact) mass is 382 g/mol. The van der Waals surface area contributed by atoms with E-state index < -0.39 is 0 Å². The molecule has 0 saturated carbocycles. The molecule has 1 N–H and O–H groups in total. The molecule has 28 heavy (non-hydrogen) atoms. The van der Waals surface area contributed by atoms with Crippen LogP contribution in [0.15, 0.2) is 48.5 Å². The molecule has 0 aliphatic carbocycles. The molecular formula is C22H26N2O4. The topological polar surface area (TPSA) is 67.9 Å². The van der Waals surface area contributed by atoms with Crippen molar-refractivity contribution < 1.29 is 19.1 Å². The lowest BCUT2D eigenvalue weighted by Crippen LogP contribution is -2.47. The Bertz CT molecular complexity index is 812. The van der Waals surface area contributed by atoms with Crippen molar-refractivity contribution in [3.05, 3.63) is 59.7 Å². The third-order valence-corrected chi connectivity index (χ3v) is 5.03. The van der Waals surface area contributed by atoms with Crippen LogP contribution in [0.2, 0.25) is 0 Å². The first kappa shape index (κ1) is 19.7. The predicted octanol–water partition coefficient (Wildman–Crippen LogP) is 2.67. The van der Waals surface area contributed by atoms with Crippen LogP contribution in [-0.2, 0) is 11.2 Å². The molecule has 6 heteroatoms. The summed E-state index contributed by atoms with van der Waals surface area (Å²) in [5.41, 5.74) is 1.55. The second-order valence-electron chi connectivity index (χ2n) is 6.89. The maximum atomic E-state index is 12.5. The molecule has 2 aromatic carbocycles. The molecular weight excluding hydrogens is 356 g/mol. The van der Waals surface area contributed by atoms with E-state index in [4.69, 9.17) is 9.47 Å². The number of methoxy groups -OCH3 is 2. The van der Waals surface area contributed by atoms with Crippen molar-refractivity contribution in [2.45, 2.75) is 25.3 Å². The van der Waals surface area contributed by atoms with Crippen molar-refractivity contribution in [1.82, 2.24) is 10.2 Å². The minimum absolute atomic E-state index is 0.0729. The van der Waals surface area contributed by atoms with Crippen LogP contribution >= 0.6 is 0 Å². The van der Waals surface area contributed by atoms with Crippen LogP contribution in [0.4, 0.5) is 0 Å². The average Bonchev–Trinajstić information content (AvgIpc) is 2.74. The number of carbonyl (C=O) groups is 2. The van der Waals surface area contributed by atoms with Crippen LogP contribution in [-0.4, -0.2) is 50.1 Å². The van der Waals surface area contributed by atoms with Gasteiger partial charge in [0.1, 0.15) is 11.5 Å². The molecule has 1 aliphatic heterocycles. The summed E-state index contributed by atoms with van der Waals surface area (Å²) in [4.78, 5) is 26.8. The molecule has 0 spiro atoms. The largest absolute Gasteiger partial charge is 0.497 e. The van der Waals surface area contributed by atoms with Gasteiger partial charge in [-0.15, -0.1) is 0 Å². The van der Waals surface area contributed by atoms with Gasteiger partial charge >= 0.3 is 0 Å². The number of ether oxygens (including phenoxy) is 2. The van der Waals surface area contributed by atoms with E-state index >= 15 is 0 Å². The van der Waals surface area contributed by atoms with Crippen molar-refractivity contribution in [2.24, 2.45) is 0 Å². The number of rotatable bonds is 6. The maximum Gasteiger partial charge on any atom is 0.251 e. The molecule has 2 aromatic rings. The Labute approximate surface area is 165 Å². The van der Waals surface area contributed by atoms with Gasteiger partial charge < -0.3 is 19.7 Å². The molecule has 1 fully saturated rings. The fourth-order valence-corrected chi connectivity index (χ4v) is 3.34. The van der Waals surface area contributed by atoms with E-state index in [0.717, 1.165) is 24.2 Å². The smallest absolute Gasteiger partial charge is 0.251 e. The lowest BCUT2D eigenvalue weighted by molar-refractivity contribution is -0.131. The Morgan fingerprint density at radius 3 is 2.32 bits per heavy atom. The Morgan fingerprint density at radius 1 is 1.00 bits per heavy atom. The van der Waals surface area contributed by atoms with Gasteiger partial charge in [0.15, 0.2) is 0 Å². The van der Waals surface area contributed by atoms with Gasteiger partial charge in [-0.1, -0.05) is 18.2 Å². The summed E-state index contributed by atoms with van der Waals surface area (Å²) >= 11 is 0. The highest BCUT2D eigenvalue weighted by Crippen LogP contribution is 2.17. The highest BCUT2D eigenvalue weighted by atomic mass is 16.5. The summed E-state index contributed by atoms with van der Waals surface area (Å²) in [6.45, 7) is 1.30. The number of nitrogens with one attached hydrogen (secondary N) is 1. The first-order chi connectivity index (χ1) is 13.6. The average molecular weight is 382 g/mol. The molecule has 1 aliphatic rings. The zero-order valence-electron chi connectivity index (χ0n) is 16.3. The lowest BCUT2D eigenvalue weighted by Gasteiger charge is -2.32. The molecule has 1 saturated heterocycles. The maximum absolute atomic E-state index is 12.5. The first-order valence-electron chi connectivity index (χ1n) is 9.44. The van der Waals surface area contributed by atoms with E-state index in [-0.39, 0.29) is 17.9 Å². The van der Waals surface area contributed by atoms with E-state index in [1.165, 1.54) is 0 Å². The number of piperidine rings is 1. The summed E-state index contributed by atoms with van der Waals surface area (Å²) in [5.74, 6) is 1.44. The molecule has 3 rings (SSSR count). The summed E-state index contributed by atoms with van der Waals surface area (Å²) in [6, 6.07) is 14.7. The van der Waals surface area contributed by atoms with Gasteiger partial charge in [-0.2, -0.15) is 0 Å². The van der Waals surface area contributed by atoms with Gasteiger partial charge in [-0.25, -0.2) is 0 Å². The molecule has 0 aromatic heterocycles. The van der Waals surface area contributed by atoms with Crippen molar-refractivity contribution in [3.63, 3.8) is 0 Å². The number of carbonyl (C=O) groups excluding carboxylic acids is 2.